The average Bonchev–Trinajstić information content (AvgIpc) is 2.69. The zero-order valence-electron chi connectivity index (χ0n) is 18.8. The minimum atomic E-state index is -2.28. The number of ether oxygens (including phenoxy) is 1. The highest BCUT2D eigenvalue weighted by atomic mass is 28.4. The van der Waals surface area contributed by atoms with Crippen LogP contribution in [0.2, 0.25) is 6.04 Å². The molecule has 0 fully saturated rings. The van der Waals surface area contributed by atoms with Gasteiger partial charge in [0.15, 0.2) is 0 Å². The molecule has 0 radical (unpaired) electrons. The van der Waals surface area contributed by atoms with E-state index in [1.165, 1.54) is 96.3 Å². The van der Waals surface area contributed by atoms with Gasteiger partial charge >= 0.3 is 0 Å². The van der Waals surface area contributed by atoms with Crippen LogP contribution in [0.25, 0.3) is 0 Å². The summed E-state index contributed by atoms with van der Waals surface area (Å²) in [5.74, 6) is 0.992. The number of nitrogens with two attached hydrogens (primary N) is 3. The van der Waals surface area contributed by atoms with Crippen LogP contribution in [0.15, 0.2) is 30.3 Å². The van der Waals surface area contributed by atoms with Crippen molar-refractivity contribution in [3.05, 3.63) is 30.3 Å². The molecule has 0 aliphatic heterocycles. The van der Waals surface area contributed by atoms with E-state index < -0.39 is 8.56 Å². The lowest BCUT2D eigenvalue weighted by Crippen LogP contribution is -2.64. The summed E-state index contributed by atoms with van der Waals surface area (Å²) >= 11 is 0. The Morgan fingerprint density at radius 3 is 1.31 bits per heavy atom. The molecule has 0 atom stereocenters. The molecule has 0 aromatic heterocycles. The average molecular weight is 422 g/mol. The Kier molecular flexibility index (Phi) is 16.2. The van der Waals surface area contributed by atoms with Crippen molar-refractivity contribution in [1.82, 2.24) is 0 Å². The Balaban J connectivity index is 1.69. The third kappa shape index (κ3) is 18.9. The fourth-order valence-corrected chi connectivity index (χ4v) is 4.58. The first-order valence-corrected chi connectivity index (χ1v) is 14.6. The monoisotopic (exact) mass is 421 g/mol. The van der Waals surface area contributed by atoms with Crippen molar-refractivity contribution >= 4 is 8.56 Å². The van der Waals surface area contributed by atoms with E-state index >= 15 is 0 Å². The van der Waals surface area contributed by atoms with E-state index in [0.29, 0.717) is 0 Å². The summed E-state index contributed by atoms with van der Waals surface area (Å²) in [4.78, 5) is 0. The Morgan fingerprint density at radius 1 is 0.517 bits per heavy atom. The molecule has 0 aliphatic carbocycles. The van der Waals surface area contributed by atoms with Crippen LogP contribution in [-0.4, -0.2) is 15.2 Å². The third-order valence-corrected chi connectivity index (χ3v) is 6.74. The van der Waals surface area contributed by atoms with Crippen LogP contribution in [0.3, 0.4) is 0 Å². The van der Waals surface area contributed by atoms with Gasteiger partial charge in [0, 0.05) is 0 Å². The highest BCUT2D eigenvalue weighted by Gasteiger charge is 2.15. The molecule has 0 heterocycles. The zero-order chi connectivity index (χ0) is 21.0. The fourth-order valence-electron chi connectivity index (χ4n) is 3.71. The van der Waals surface area contributed by atoms with Gasteiger partial charge < -0.3 is 20.9 Å². The normalized spacial score (nSPS) is 11.7. The van der Waals surface area contributed by atoms with E-state index in [0.717, 1.165) is 24.8 Å². The molecule has 0 saturated heterocycles. The van der Waals surface area contributed by atoms with Crippen LogP contribution < -0.4 is 20.9 Å². The second-order valence-corrected chi connectivity index (χ2v) is 11.4. The van der Waals surface area contributed by atoms with Crippen molar-refractivity contribution in [2.75, 3.05) is 6.61 Å². The van der Waals surface area contributed by atoms with Crippen LogP contribution in [0.4, 0.5) is 0 Å². The largest absolute Gasteiger partial charge is 0.494 e. The van der Waals surface area contributed by atoms with E-state index in [4.69, 9.17) is 20.9 Å². The Hall–Kier alpha value is -0.883. The molecule has 0 saturated carbocycles. The fraction of sp³-hybridized carbons (Fsp3) is 0.750. The lowest BCUT2D eigenvalue weighted by Gasteiger charge is -2.13. The molecule has 1 aromatic rings. The van der Waals surface area contributed by atoms with Gasteiger partial charge in [-0.1, -0.05) is 115 Å². The maximum atomic E-state index is 5.73. The summed E-state index contributed by atoms with van der Waals surface area (Å²) in [5, 5.41) is 17.1. The number of rotatable bonds is 20. The first-order chi connectivity index (χ1) is 14.1. The lowest BCUT2D eigenvalue weighted by atomic mass is 10.0. The zero-order valence-corrected chi connectivity index (χ0v) is 19.8. The molecule has 0 amide bonds. The molecule has 0 aliphatic rings. The molecule has 1 rings (SSSR count). The van der Waals surface area contributed by atoms with Crippen molar-refractivity contribution in [3.8, 4) is 5.75 Å². The summed E-state index contributed by atoms with van der Waals surface area (Å²) < 4.78 is 5.73. The summed E-state index contributed by atoms with van der Waals surface area (Å²) in [6, 6.07) is 11.0. The molecule has 29 heavy (non-hydrogen) atoms. The van der Waals surface area contributed by atoms with E-state index in [-0.39, 0.29) is 0 Å². The number of unbranched alkanes of at least 4 members (excludes halogenated alkanes) is 15. The molecule has 5 heteroatoms. The molecule has 1 aromatic carbocycles. The van der Waals surface area contributed by atoms with Crippen LogP contribution >= 0.6 is 0 Å². The topological polar surface area (TPSA) is 87.3 Å². The summed E-state index contributed by atoms with van der Waals surface area (Å²) in [5.41, 5.74) is 0. The van der Waals surface area contributed by atoms with Gasteiger partial charge in [-0.05, 0) is 24.6 Å². The Bertz CT molecular complexity index is 465. The number of para-hydroxylation sites is 1. The summed E-state index contributed by atoms with van der Waals surface area (Å²) in [6.07, 6.45) is 21.4. The van der Waals surface area contributed by atoms with Gasteiger partial charge in [-0.15, -0.1) is 0 Å². The van der Waals surface area contributed by atoms with Crippen LogP contribution in [-0.2, 0) is 0 Å². The van der Waals surface area contributed by atoms with Gasteiger partial charge in [0.05, 0.1) is 6.61 Å². The van der Waals surface area contributed by atoms with E-state index in [1.807, 2.05) is 30.3 Å². The molecular weight excluding hydrogens is 374 g/mol. The van der Waals surface area contributed by atoms with Crippen LogP contribution in [0.5, 0.6) is 5.75 Å². The molecule has 0 bridgehead atoms. The third-order valence-electron chi connectivity index (χ3n) is 5.52. The van der Waals surface area contributed by atoms with Crippen LogP contribution in [0, 0.1) is 0 Å². The standard InChI is InChI=1S/C24H47N3OSi/c25-29(26,27)23-19-14-12-10-8-6-4-2-1-3-5-7-9-11-13-18-22-28-24-20-16-15-17-21-24/h15-17,20-21H,1-14,18-19,22-23,25-27H2. The highest BCUT2D eigenvalue weighted by molar-refractivity contribution is 6.70. The van der Waals surface area contributed by atoms with Crippen molar-refractivity contribution in [2.24, 2.45) is 16.2 Å². The van der Waals surface area contributed by atoms with Crippen molar-refractivity contribution in [3.63, 3.8) is 0 Å². The van der Waals surface area contributed by atoms with Gasteiger partial charge in [0.25, 0.3) is 8.56 Å². The van der Waals surface area contributed by atoms with E-state index in [2.05, 4.69) is 0 Å². The predicted octanol–water partition coefficient (Wildman–Crippen LogP) is 6.12. The number of hydrogen-bond acceptors (Lipinski definition) is 4. The van der Waals surface area contributed by atoms with Gasteiger partial charge in [-0.2, -0.15) is 0 Å². The van der Waals surface area contributed by atoms with Gasteiger partial charge in [0.2, 0.25) is 0 Å². The molecular formula is C24H47N3OSi. The molecule has 4 nitrogen and oxygen atoms in total. The molecule has 0 unspecified atom stereocenters. The quantitative estimate of drug-likeness (QED) is 0.175. The molecule has 168 valence electrons. The number of hydrogen-bond donors (Lipinski definition) is 3. The van der Waals surface area contributed by atoms with Crippen LogP contribution in [0.1, 0.15) is 103 Å². The molecule has 0 spiro atoms. The number of benzene rings is 1. The minimum Gasteiger partial charge on any atom is -0.494 e. The van der Waals surface area contributed by atoms with Gasteiger partial charge in [-0.3, -0.25) is 0 Å². The van der Waals surface area contributed by atoms with Crippen molar-refractivity contribution in [2.45, 2.75) is 109 Å². The second kappa shape index (κ2) is 17.9. The van der Waals surface area contributed by atoms with E-state index in [9.17, 15) is 0 Å². The Labute approximate surface area is 181 Å². The first-order valence-electron chi connectivity index (χ1n) is 12.1. The summed E-state index contributed by atoms with van der Waals surface area (Å²) in [6.45, 7) is 0.849. The lowest BCUT2D eigenvalue weighted by molar-refractivity contribution is 0.304. The Morgan fingerprint density at radius 2 is 0.897 bits per heavy atom. The highest BCUT2D eigenvalue weighted by Crippen LogP contribution is 2.15. The molecule has 6 N–H and O–H groups in total. The maximum Gasteiger partial charge on any atom is 0.273 e. The van der Waals surface area contributed by atoms with E-state index in [1.54, 1.807) is 0 Å². The van der Waals surface area contributed by atoms with Crippen molar-refractivity contribution in [1.29, 1.82) is 0 Å². The smallest absolute Gasteiger partial charge is 0.273 e. The summed E-state index contributed by atoms with van der Waals surface area (Å²) in [7, 11) is -2.28. The first kappa shape index (κ1) is 26.2. The second-order valence-electron chi connectivity index (χ2n) is 8.68. The maximum absolute atomic E-state index is 5.73. The van der Waals surface area contributed by atoms with Gasteiger partial charge in [-0.25, -0.2) is 0 Å². The minimum absolute atomic E-state index is 0.849. The predicted molar refractivity (Wildman–Crippen MR) is 129 cm³/mol. The van der Waals surface area contributed by atoms with Crippen molar-refractivity contribution < 1.29 is 4.74 Å². The SMILES string of the molecule is N[Si](N)(N)CCCCCCCCCCCCCCCCCCOc1ccccc1. The van der Waals surface area contributed by atoms with Gasteiger partial charge in [0.1, 0.15) is 5.75 Å².